The molecule has 1 aliphatic heterocycles. The Balaban J connectivity index is 1.54. The molecule has 3 aromatic rings. The van der Waals surface area contributed by atoms with Crippen molar-refractivity contribution in [1.29, 1.82) is 0 Å². The molecule has 1 aromatic heterocycles. The average Bonchev–Trinajstić information content (AvgIpc) is 2.85. The molecule has 1 saturated heterocycles. The SMILES string of the molecule is CCCn1c(=O)c(-c2ccc(C(=O)N3CCC(C(=O)OCC)CC3)cc2)nc2ccccc21. The van der Waals surface area contributed by atoms with Gasteiger partial charge >= 0.3 is 5.97 Å². The number of aryl methyl sites for hydroxylation is 1. The van der Waals surface area contributed by atoms with Gasteiger partial charge in [0, 0.05) is 30.8 Å². The summed E-state index contributed by atoms with van der Waals surface area (Å²) in [5.74, 6) is -0.384. The molecule has 2 heterocycles. The van der Waals surface area contributed by atoms with E-state index in [0.717, 1.165) is 17.5 Å². The second-order valence-electron chi connectivity index (χ2n) is 8.30. The summed E-state index contributed by atoms with van der Waals surface area (Å²) >= 11 is 0. The third-order valence-corrected chi connectivity index (χ3v) is 6.11. The lowest BCUT2D eigenvalue weighted by molar-refractivity contribution is -0.149. The number of rotatable bonds is 6. The number of nitrogens with zero attached hydrogens (tertiary/aromatic N) is 3. The van der Waals surface area contributed by atoms with Crippen molar-refractivity contribution in [2.24, 2.45) is 5.92 Å². The fourth-order valence-corrected chi connectivity index (χ4v) is 4.36. The van der Waals surface area contributed by atoms with Gasteiger partial charge in [-0.3, -0.25) is 14.4 Å². The maximum absolute atomic E-state index is 13.2. The first-order valence-corrected chi connectivity index (χ1v) is 11.6. The van der Waals surface area contributed by atoms with Crippen molar-refractivity contribution in [3.05, 3.63) is 64.4 Å². The lowest BCUT2D eigenvalue weighted by Crippen LogP contribution is -2.40. The smallest absolute Gasteiger partial charge is 0.309 e. The number of carbonyl (C=O) groups excluding carboxylic acids is 2. The monoisotopic (exact) mass is 447 g/mol. The zero-order valence-electron chi connectivity index (χ0n) is 19.1. The van der Waals surface area contributed by atoms with Gasteiger partial charge in [-0.25, -0.2) is 4.98 Å². The van der Waals surface area contributed by atoms with Crippen LogP contribution in [0.3, 0.4) is 0 Å². The van der Waals surface area contributed by atoms with Gasteiger partial charge < -0.3 is 14.2 Å². The van der Waals surface area contributed by atoms with E-state index in [2.05, 4.69) is 4.98 Å². The molecule has 0 aliphatic carbocycles. The highest BCUT2D eigenvalue weighted by Gasteiger charge is 2.28. The molecule has 33 heavy (non-hydrogen) atoms. The molecule has 0 saturated carbocycles. The number of esters is 1. The molecule has 7 heteroatoms. The van der Waals surface area contributed by atoms with E-state index in [1.807, 2.05) is 31.2 Å². The number of fused-ring (bicyclic) bond motifs is 1. The highest BCUT2D eigenvalue weighted by molar-refractivity contribution is 5.95. The summed E-state index contributed by atoms with van der Waals surface area (Å²) in [5.41, 5.74) is 3.10. The van der Waals surface area contributed by atoms with Crippen LogP contribution in [0.4, 0.5) is 0 Å². The molecule has 2 aromatic carbocycles. The lowest BCUT2D eigenvalue weighted by Gasteiger charge is -2.31. The molecule has 0 atom stereocenters. The first-order valence-electron chi connectivity index (χ1n) is 11.6. The van der Waals surface area contributed by atoms with Crippen molar-refractivity contribution in [2.75, 3.05) is 19.7 Å². The molecule has 0 radical (unpaired) electrons. The third-order valence-electron chi connectivity index (χ3n) is 6.11. The Morgan fingerprint density at radius 3 is 2.39 bits per heavy atom. The minimum Gasteiger partial charge on any atom is -0.466 e. The zero-order valence-corrected chi connectivity index (χ0v) is 19.1. The number of likely N-dealkylation sites (tertiary alicyclic amines) is 1. The third kappa shape index (κ3) is 4.67. The Labute approximate surface area is 193 Å². The minimum absolute atomic E-state index is 0.0706. The quantitative estimate of drug-likeness (QED) is 0.536. The van der Waals surface area contributed by atoms with E-state index in [9.17, 15) is 14.4 Å². The van der Waals surface area contributed by atoms with E-state index < -0.39 is 0 Å². The van der Waals surface area contributed by atoms with Crippen molar-refractivity contribution in [3.63, 3.8) is 0 Å². The predicted octanol–water partition coefficient (Wildman–Crippen LogP) is 3.89. The molecular formula is C26H29N3O4. The van der Waals surface area contributed by atoms with Gasteiger partial charge in [0.05, 0.1) is 23.6 Å². The van der Waals surface area contributed by atoms with E-state index in [1.54, 1.807) is 40.7 Å². The van der Waals surface area contributed by atoms with Gasteiger partial charge in [0.1, 0.15) is 5.69 Å². The molecule has 7 nitrogen and oxygen atoms in total. The topological polar surface area (TPSA) is 81.5 Å². The Hall–Kier alpha value is -3.48. The summed E-state index contributed by atoms with van der Waals surface area (Å²) in [6.45, 7) is 5.88. The van der Waals surface area contributed by atoms with Crippen molar-refractivity contribution >= 4 is 22.9 Å². The molecule has 0 N–H and O–H groups in total. The van der Waals surface area contributed by atoms with Crippen LogP contribution >= 0.6 is 0 Å². The van der Waals surface area contributed by atoms with E-state index in [-0.39, 0.29) is 23.4 Å². The van der Waals surface area contributed by atoms with Gasteiger partial charge in [0.2, 0.25) is 0 Å². The zero-order chi connectivity index (χ0) is 23.4. The van der Waals surface area contributed by atoms with Crippen LogP contribution in [0.5, 0.6) is 0 Å². The highest BCUT2D eigenvalue weighted by Crippen LogP contribution is 2.22. The highest BCUT2D eigenvalue weighted by atomic mass is 16.5. The van der Waals surface area contributed by atoms with Gasteiger partial charge in [0.15, 0.2) is 0 Å². The van der Waals surface area contributed by atoms with Gasteiger partial charge in [-0.05, 0) is 50.5 Å². The first kappa shape index (κ1) is 22.7. The summed E-state index contributed by atoms with van der Waals surface area (Å²) < 4.78 is 6.87. The fraction of sp³-hybridized carbons (Fsp3) is 0.385. The normalized spacial score (nSPS) is 14.4. The molecule has 4 rings (SSSR count). The maximum Gasteiger partial charge on any atom is 0.309 e. The molecular weight excluding hydrogens is 418 g/mol. The van der Waals surface area contributed by atoms with Gasteiger partial charge in [-0.1, -0.05) is 31.2 Å². The molecule has 1 aliphatic rings. The fourth-order valence-electron chi connectivity index (χ4n) is 4.36. The Bertz CT molecular complexity index is 1210. The molecule has 0 bridgehead atoms. The second-order valence-corrected chi connectivity index (χ2v) is 8.30. The van der Waals surface area contributed by atoms with Crippen LogP contribution in [-0.4, -0.2) is 46.0 Å². The number of benzene rings is 2. The molecule has 1 fully saturated rings. The summed E-state index contributed by atoms with van der Waals surface area (Å²) in [4.78, 5) is 44.4. The molecule has 1 amide bonds. The summed E-state index contributed by atoms with van der Waals surface area (Å²) in [6, 6.07) is 14.7. The van der Waals surface area contributed by atoms with E-state index >= 15 is 0 Å². The van der Waals surface area contributed by atoms with Gasteiger partial charge in [-0.2, -0.15) is 0 Å². The number of ether oxygens (including phenoxy) is 1. The predicted molar refractivity (Wildman–Crippen MR) is 127 cm³/mol. The van der Waals surface area contributed by atoms with E-state index in [0.29, 0.717) is 55.9 Å². The first-order chi connectivity index (χ1) is 16.0. The number of para-hydroxylation sites is 2. The molecule has 0 spiro atoms. The maximum atomic E-state index is 13.2. The van der Waals surface area contributed by atoms with Crippen LogP contribution in [0.2, 0.25) is 0 Å². The van der Waals surface area contributed by atoms with Crippen LogP contribution in [0.25, 0.3) is 22.3 Å². The summed E-state index contributed by atoms with van der Waals surface area (Å²) in [7, 11) is 0. The Kier molecular flexibility index (Phi) is 6.87. The van der Waals surface area contributed by atoms with E-state index in [4.69, 9.17) is 4.74 Å². The number of hydrogen-bond acceptors (Lipinski definition) is 5. The number of hydrogen-bond donors (Lipinski definition) is 0. The van der Waals surface area contributed by atoms with Crippen LogP contribution < -0.4 is 5.56 Å². The Morgan fingerprint density at radius 1 is 1.03 bits per heavy atom. The number of piperidine rings is 1. The standard InChI is InChI=1S/C26H29N3O4/c1-3-15-29-22-8-6-5-7-21(22)27-23(25(29)31)18-9-11-19(12-10-18)24(30)28-16-13-20(14-17-28)26(32)33-4-2/h5-12,20H,3-4,13-17H2,1-2H3. The second kappa shape index (κ2) is 9.98. The molecule has 172 valence electrons. The van der Waals surface area contributed by atoms with Crippen LogP contribution in [0.15, 0.2) is 53.3 Å². The Morgan fingerprint density at radius 2 is 1.73 bits per heavy atom. The molecule has 0 unspecified atom stereocenters. The van der Waals surface area contributed by atoms with Crippen molar-refractivity contribution < 1.29 is 14.3 Å². The number of aromatic nitrogens is 2. The van der Waals surface area contributed by atoms with Crippen molar-refractivity contribution in [1.82, 2.24) is 14.5 Å². The largest absolute Gasteiger partial charge is 0.466 e. The van der Waals surface area contributed by atoms with Crippen molar-refractivity contribution in [3.8, 4) is 11.3 Å². The van der Waals surface area contributed by atoms with E-state index in [1.165, 1.54) is 0 Å². The minimum atomic E-state index is -0.175. The van der Waals surface area contributed by atoms with Crippen molar-refractivity contribution in [2.45, 2.75) is 39.7 Å². The van der Waals surface area contributed by atoms with Crippen LogP contribution in [0.1, 0.15) is 43.5 Å². The van der Waals surface area contributed by atoms with Crippen LogP contribution in [0, 0.1) is 5.92 Å². The number of carbonyl (C=O) groups is 2. The lowest BCUT2D eigenvalue weighted by atomic mass is 9.96. The number of amides is 1. The van der Waals surface area contributed by atoms with Gasteiger partial charge in [-0.15, -0.1) is 0 Å². The summed E-state index contributed by atoms with van der Waals surface area (Å²) in [6.07, 6.45) is 2.06. The summed E-state index contributed by atoms with van der Waals surface area (Å²) in [5, 5.41) is 0. The van der Waals surface area contributed by atoms with Crippen LogP contribution in [-0.2, 0) is 16.1 Å². The van der Waals surface area contributed by atoms with Gasteiger partial charge in [0.25, 0.3) is 11.5 Å². The average molecular weight is 448 g/mol.